The SMILES string of the molecule is Cc1cnc(C(=O)NC[C@H](C)N2C[C@@H](C)O[C@H](C)C2)cn1. The molecule has 1 aromatic heterocycles. The molecule has 0 saturated carbocycles. The van der Waals surface area contributed by atoms with Gasteiger partial charge in [0.25, 0.3) is 5.91 Å². The van der Waals surface area contributed by atoms with E-state index in [9.17, 15) is 4.79 Å². The van der Waals surface area contributed by atoms with Crippen LogP contribution in [-0.2, 0) is 4.74 Å². The molecular formula is C15H24N4O2. The number of aryl methyl sites for hydroxylation is 1. The average Bonchev–Trinajstić information content (AvgIpc) is 2.44. The van der Waals surface area contributed by atoms with Crippen LogP contribution in [0, 0.1) is 6.92 Å². The topological polar surface area (TPSA) is 67.4 Å². The summed E-state index contributed by atoms with van der Waals surface area (Å²) in [4.78, 5) is 22.5. The molecule has 0 unspecified atom stereocenters. The number of hydrogen-bond donors (Lipinski definition) is 1. The molecule has 0 bridgehead atoms. The number of rotatable bonds is 4. The maximum atomic E-state index is 12.0. The van der Waals surface area contributed by atoms with Crippen molar-refractivity contribution in [3.05, 3.63) is 23.8 Å². The average molecular weight is 292 g/mol. The van der Waals surface area contributed by atoms with Gasteiger partial charge in [0, 0.05) is 31.9 Å². The third kappa shape index (κ3) is 4.47. The summed E-state index contributed by atoms with van der Waals surface area (Å²) < 4.78 is 5.73. The van der Waals surface area contributed by atoms with Crippen molar-refractivity contribution in [3.8, 4) is 0 Å². The van der Waals surface area contributed by atoms with E-state index < -0.39 is 0 Å². The molecule has 0 spiro atoms. The van der Waals surface area contributed by atoms with Crippen LogP contribution in [0.15, 0.2) is 12.4 Å². The largest absolute Gasteiger partial charge is 0.373 e. The highest BCUT2D eigenvalue weighted by Crippen LogP contribution is 2.13. The van der Waals surface area contributed by atoms with Crippen molar-refractivity contribution < 1.29 is 9.53 Å². The Morgan fingerprint density at radius 1 is 1.38 bits per heavy atom. The number of carbonyl (C=O) groups is 1. The normalized spacial score (nSPS) is 24.6. The molecule has 2 heterocycles. The zero-order chi connectivity index (χ0) is 15.4. The first-order valence-corrected chi connectivity index (χ1v) is 7.42. The Morgan fingerprint density at radius 2 is 2.05 bits per heavy atom. The number of hydrogen-bond acceptors (Lipinski definition) is 5. The molecule has 1 saturated heterocycles. The van der Waals surface area contributed by atoms with E-state index in [0.717, 1.165) is 18.8 Å². The second kappa shape index (κ2) is 6.95. The number of ether oxygens (including phenoxy) is 1. The van der Waals surface area contributed by atoms with E-state index >= 15 is 0 Å². The molecule has 6 nitrogen and oxygen atoms in total. The first-order chi connectivity index (χ1) is 9.95. The van der Waals surface area contributed by atoms with Crippen molar-refractivity contribution in [1.82, 2.24) is 20.2 Å². The van der Waals surface area contributed by atoms with E-state index in [1.54, 1.807) is 6.20 Å². The van der Waals surface area contributed by atoms with Gasteiger partial charge in [-0.05, 0) is 27.7 Å². The molecule has 1 aliphatic rings. The third-order valence-electron chi connectivity index (χ3n) is 3.64. The summed E-state index contributed by atoms with van der Waals surface area (Å²) in [7, 11) is 0. The van der Waals surface area contributed by atoms with Crippen molar-refractivity contribution in [2.75, 3.05) is 19.6 Å². The molecule has 1 fully saturated rings. The van der Waals surface area contributed by atoms with Crippen molar-refractivity contribution in [1.29, 1.82) is 0 Å². The lowest BCUT2D eigenvalue weighted by atomic mass is 10.1. The molecular weight excluding hydrogens is 268 g/mol. The first kappa shape index (κ1) is 15.9. The Hall–Kier alpha value is -1.53. The van der Waals surface area contributed by atoms with Gasteiger partial charge in [0.15, 0.2) is 0 Å². The van der Waals surface area contributed by atoms with E-state index in [2.05, 4.69) is 41.0 Å². The molecule has 1 N–H and O–H groups in total. The molecule has 1 aromatic rings. The van der Waals surface area contributed by atoms with Crippen LogP contribution in [0.25, 0.3) is 0 Å². The molecule has 2 rings (SSSR count). The lowest BCUT2D eigenvalue weighted by molar-refractivity contribution is -0.0778. The third-order valence-corrected chi connectivity index (χ3v) is 3.64. The minimum absolute atomic E-state index is 0.177. The zero-order valence-corrected chi connectivity index (χ0v) is 13.2. The van der Waals surface area contributed by atoms with Crippen LogP contribution in [0.5, 0.6) is 0 Å². The molecule has 6 heteroatoms. The van der Waals surface area contributed by atoms with Crippen LogP contribution in [-0.4, -0.2) is 58.7 Å². The standard InChI is InChI=1S/C15H24N4O2/c1-10-5-17-14(7-16-10)15(20)18-6-11(2)19-8-12(3)21-13(4)9-19/h5,7,11-13H,6,8-9H2,1-4H3,(H,18,20)/t11-,12+,13+/m0/s1. The van der Waals surface area contributed by atoms with Crippen LogP contribution < -0.4 is 5.32 Å². The number of carbonyl (C=O) groups excluding carboxylic acids is 1. The first-order valence-electron chi connectivity index (χ1n) is 7.42. The van der Waals surface area contributed by atoms with Crippen LogP contribution in [0.3, 0.4) is 0 Å². The maximum Gasteiger partial charge on any atom is 0.271 e. The maximum absolute atomic E-state index is 12.0. The van der Waals surface area contributed by atoms with E-state index in [1.165, 1.54) is 6.20 Å². The Bertz CT molecular complexity index is 467. The van der Waals surface area contributed by atoms with Crippen LogP contribution >= 0.6 is 0 Å². The summed E-state index contributed by atoms with van der Waals surface area (Å²) in [6.07, 6.45) is 3.57. The van der Waals surface area contributed by atoms with Crippen molar-refractivity contribution >= 4 is 5.91 Å². The van der Waals surface area contributed by atoms with Crippen molar-refractivity contribution in [2.24, 2.45) is 0 Å². The fraction of sp³-hybridized carbons (Fsp3) is 0.667. The lowest BCUT2D eigenvalue weighted by Gasteiger charge is -2.38. The summed E-state index contributed by atoms with van der Waals surface area (Å²) in [6, 6.07) is 0.265. The number of amides is 1. The highest BCUT2D eigenvalue weighted by Gasteiger charge is 2.25. The number of aromatic nitrogens is 2. The number of nitrogens with zero attached hydrogens (tertiary/aromatic N) is 3. The molecule has 0 radical (unpaired) electrons. The van der Waals surface area contributed by atoms with Gasteiger partial charge >= 0.3 is 0 Å². The Kier molecular flexibility index (Phi) is 5.25. The summed E-state index contributed by atoms with van der Waals surface area (Å²) in [5, 5.41) is 2.92. The Morgan fingerprint density at radius 3 is 2.62 bits per heavy atom. The molecule has 0 aromatic carbocycles. The molecule has 1 aliphatic heterocycles. The number of nitrogens with one attached hydrogen (secondary N) is 1. The molecule has 21 heavy (non-hydrogen) atoms. The van der Waals surface area contributed by atoms with Gasteiger partial charge in [0.05, 0.1) is 24.1 Å². The summed E-state index contributed by atoms with van der Waals surface area (Å²) in [5.41, 5.74) is 1.16. The van der Waals surface area contributed by atoms with Crippen molar-refractivity contribution in [2.45, 2.75) is 45.9 Å². The molecule has 3 atom stereocenters. The summed E-state index contributed by atoms with van der Waals surface area (Å²) in [6.45, 7) is 10.5. The van der Waals surface area contributed by atoms with E-state index in [1.807, 2.05) is 6.92 Å². The van der Waals surface area contributed by atoms with E-state index in [0.29, 0.717) is 12.2 Å². The smallest absolute Gasteiger partial charge is 0.271 e. The van der Waals surface area contributed by atoms with Gasteiger partial charge in [-0.1, -0.05) is 0 Å². The molecule has 0 aliphatic carbocycles. The Labute approximate surface area is 125 Å². The van der Waals surface area contributed by atoms with Gasteiger partial charge in [-0.25, -0.2) is 4.98 Å². The highest BCUT2D eigenvalue weighted by atomic mass is 16.5. The minimum atomic E-state index is -0.177. The van der Waals surface area contributed by atoms with Crippen LogP contribution in [0.2, 0.25) is 0 Å². The Balaban J connectivity index is 1.84. The fourth-order valence-corrected chi connectivity index (χ4v) is 2.55. The molecule has 1 amide bonds. The van der Waals surface area contributed by atoms with E-state index in [-0.39, 0.29) is 24.2 Å². The predicted molar refractivity (Wildman–Crippen MR) is 80.1 cm³/mol. The van der Waals surface area contributed by atoms with Crippen molar-refractivity contribution in [3.63, 3.8) is 0 Å². The van der Waals surface area contributed by atoms with Gasteiger partial charge in [0.2, 0.25) is 0 Å². The number of morpholine rings is 1. The van der Waals surface area contributed by atoms with Gasteiger partial charge in [0.1, 0.15) is 5.69 Å². The van der Waals surface area contributed by atoms with Gasteiger partial charge in [-0.2, -0.15) is 0 Å². The highest BCUT2D eigenvalue weighted by molar-refractivity contribution is 5.91. The molecule has 116 valence electrons. The summed E-state index contributed by atoms with van der Waals surface area (Å²) in [5.74, 6) is -0.177. The quantitative estimate of drug-likeness (QED) is 0.897. The van der Waals surface area contributed by atoms with Gasteiger partial charge < -0.3 is 10.1 Å². The monoisotopic (exact) mass is 292 g/mol. The lowest BCUT2D eigenvalue weighted by Crippen LogP contribution is -2.52. The zero-order valence-electron chi connectivity index (χ0n) is 13.2. The second-order valence-electron chi connectivity index (χ2n) is 5.81. The predicted octanol–water partition coefficient (Wildman–Crippen LogP) is 1.01. The van der Waals surface area contributed by atoms with Crippen LogP contribution in [0.1, 0.15) is 37.0 Å². The minimum Gasteiger partial charge on any atom is -0.373 e. The van der Waals surface area contributed by atoms with Gasteiger partial charge in [-0.3, -0.25) is 14.7 Å². The van der Waals surface area contributed by atoms with Gasteiger partial charge in [-0.15, -0.1) is 0 Å². The van der Waals surface area contributed by atoms with E-state index in [4.69, 9.17) is 4.74 Å². The fourth-order valence-electron chi connectivity index (χ4n) is 2.55. The van der Waals surface area contributed by atoms with Crippen LogP contribution in [0.4, 0.5) is 0 Å². The summed E-state index contributed by atoms with van der Waals surface area (Å²) >= 11 is 0. The second-order valence-corrected chi connectivity index (χ2v) is 5.81.